The summed E-state index contributed by atoms with van der Waals surface area (Å²) in [6.07, 6.45) is 7.16. The molecule has 1 aromatic heterocycles. The second-order valence-corrected chi connectivity index (χ2v) is 7.41. The topological polar surface area (TPSA) is 61.2 Å². The van der Waals surface area contributed by atoms with Gasteiger partial charge in [-0.05, 0) is 30.8 Å². The summed E-state index contributed by atoms with van der Waals surface area (Å²) >= 11 is 0. The Morgan fingerprint density at radius 2 is 2.09 bits per heavy atom. The van der Waals surface area contributed by atoms with Crippen LogP contribution in [0.4, 0.5) is 8.78 Å². The fourth-order valence-electron chi connectivity index (χ4n) is 3.05. The summed E-state index contributed by atoms with van der Waals surface area (Å²) in [6.45, 7) is 7.77. The normalized spacial score (nSPS) is 13.4. The predicted molar refractivity (Wildman–Crippen MR) is 115 cm³/mol. The van der Waals surface area contributed by atoms with Gasteiger partial charge in [0.1, 0.15) is 5.69 Å². The molecule has 0 amide bonds. The second-order valence-electron chi connectivity index (χ2n) is 7.41. The molecule has 0 spiro atoms. The molecule has 0 aliphatic heterocycles. The van der Waals surface area contributed by atoms with Crippen molar-refractivity contribution in [2.75, 3.05) is 7.11 Å². The molecule has 0 N–H and O–H groups in total. The van der Waals surface area contributed by atoms with Gasteiger partial charge in [0.05, 0.1) is 18.6 Å². The van der Waals surface area contributed by atoms with Crippen molar-refractivity contribution in [2.45, 2.75) is 52.0 Å². The van der Waals surface area contributed by atoms with Gasteiger partial charge >= 0.3 is 51.4 Å². The zero-order chi connectivity index (χ0) is 23.2. The number of Topliss-reactive ketones (excluding diaryl/α,β-unsaturated/α-hetero) is 1. The monoisotopic (exact) mass is 468 g/mol. The Balaban J connectivity index is 0.000000311. The number of carbonyl (C=O) groups excluding carboxylic acids is 2. The van der Waals surface area contributed by atoms with Crippen molar-refractivity contribution >= 4 is 12.1 Å². The molecule has 5 nitrogen and oxygen atoms in total. The first-order valence-electron chi connectivity index (χ1n) is 9.94. The van der Waals surface area contributed by atoms with Crippen LogP contribution in [0.5, 0.6) is 5.75 Å². The molecule has 1 aliphatic carbocycles. The van der Waals surface area contributed by atoms with Gasteiger partial charge in [-0.2, -0.15) is 13.9 Å². The van der Waals surface area contributed by atoms with Gasteiger partial charge < -0.3 is 14.3 Å². The molecule has 8 heteroatoms. The van der Waals surface area contributed by atoms with Crippen LogP contribution in [-0.2, 0) is 22.1 Å². The van der Waals surface area contributed by atoms with Gasteiger partial charge in [-0.1, -0.05) is 32.0 Å². The van der Waals surface area contributed by atoms with Crippen molar-refractivity contribution in [3.63, 3.8) is 0 Å². The molecule has 1 aromatic carbocycles. The molecule has 1 aliphatic rings. The smallest absolute Gasteiger partial charge is 0.540 e. The van der Waals surface area contributed by atoms with Crippen LogP contribution in [0.25, 0.3) is 0 Å². The van der Waals surface area contributed by atoms with Gasteiger partial charge in [0, 0.05) is 12.8 Å². The minimum absolute atomic E-state index is 0. The number of ketones is 1. The number of carbonyl (C=O) groups is 1. The number of benzene rings is 1. The molecule has 0 atom stereocenters. The third-order valence-corrected chi connectivity index (χ3v) is 4.95. The summed E-state index contributed by atoms with van der Waals surface area (Å²) in [5, 5.41) is 4.00. The number of halogens is 2. The van der Waals surface area contributed by atoms with Gasteiger partial charge in [0.15, 0.2) is 0 Å². The number of rotatable bonds is 8. The number of ether oxygens (including phenoxy) is 1. The first kappa shape index (κ1) is 28.6. The second kappa shape index (κ2) is 12.7. The van der Waals surface area contributed by atoms with Crippen molar-refractivity contribution in [1.82, 2.24) is 9.78 Å². The van der Waals surface area contributed by atoms with Crippen molar-refractivity contribution in [3.8, 4) is 5.75 Å². The SMILES string of the molecule is CC(F)(F)c1cc(C2CC2)nn1C[C-]=O.[CH2-]C(=O)/C(=C\C)[CH-]c1cccc(OC)c1C.[K+]. The number of methoxy groups -OCH3 is 1. The third-order valence-electron chi connectivity index (χ3n) is 4.95. The number of alkyl halides is 2. The molecule has 1 fully saturated rings. The van der Waals surface area contributed by atoms with Gasteiger partial charge in [-0.3, -0.25) is 4.68 Å². The van der Waals surface area contributed by atoms with Crippen LogP contribution in [0.2, 0.25) is 0 Å². The van der Waals surface area contributed by atoms with E-state index >= 15 is 0 Å². The van der Waals surface area contributed by atoms with Crippen molar-refractivity contribution in [3.05, 3.63) is 71.8 Å². The Morgan fingerprint density at radius 3 is 2.56 bits per heavy atom. The van der Waals surface area contributed by atoms with Gasteiger partial charge in [0.2, 0.25) is 0 Å². The minimum atomic E-state index is -2.96. The molecule has 0 radical (unpaired) electrons. The Bertz CT molecular complexity index is 961. The molecule has 0 saturated heterocycles. The fourth-order valence-corrected chi connectivity index (χ4v) is 3.05. The van der Waals surface area contributed by atoms with Crippen molar-refractivity contribution in [2.24, 2.45) is 0 Å². The standard InChI is InChI=1S/C14H16O2.C10H11F2N2O.K/c1-5-12(11(3)15)9-13-7-6-8-14(16-4)10(13)2;1-10(11,12)9-6-8(7-2-3-7)13-14(9)4-5-15;/h5-9H,3H2,1-2,4H3;6-7H,2-4H2,1H3;/q-2;-1;+1/b12-5-;;. The number of nitrogens with zero attached hydrogens (tertiary/aromatic N) is 2. The molecule has 0 bridgehead atoms. The molecule has 0 unspecified atom stereocenters. The molecule has 2 aromatic rings. The van der Waals surface area contributed by atoms with E-state index in [-0.39, 0.29) is 69.4 Å². The number of hydrogen-bond donors (Lipinski definition) is 0. The summed E-state index contributed by atoms with van der Waals surface area (Å²) < 4.78 is 32.6. The number of hydrogen-bond acceptors (Lipinski definition) is 4. The van der Waals surface area contributed by atoms with E-state index in [0.717, 1.165) is 41.3 Å². The largest absolute Gasteiger partial charge is 1.00 e. The van der Waals surface area contributed by atoms with E-state index in [0.29, 0.717) is 17.2 Å². The van der Waals surface area contributed by atoms with E-state index in [9.17, 15) is 18.4 Å². The summed E-state index contributed by atoms with van der Waals surface area (Å²) in [4.78, 5) is 21.4. The molecule has 3 rings (SSSR count). The maximum Gasteiger partial charge on any atom is 1.00 e. The summed E-state index contributed by atoms with van der Waals surface area (Å²) in [6, 6.07) is 7.14. The molecule has 32 heavy (non-hydrogen) atoms. The number of allylic oxidation sites excluding steroid dienone is 2. The van der Waals surface area contributed by atoms with E-state index in [1.54, 1.807) is 19.5 Å². The molecule has 1 heterocycles. The van der Waals surface area contributed by atoms with Gasteiger partial charge in [-0.15, -0.1) is 11.6 Å². The van der Waals surface area contributed by atoms with Crippen LogP contribution in [0.3, 0.4) is 0 Å². The summed E-state index contributed by atoms with van der Waals surface area (Å²) in [5.41, 5.74) is 3.07. The molecular weight excluding hydrogens is 441 g/mol. The van der Waals surface area contributed by atoms with E-state index in [4.69, 9.17) is 4.74 Å². The van der Waals surface area contributed by atoms with Crippen LogP contribution in [-0.4, -0.2) is 29.0 Å². The minimum Gasteiger partial charge on any atom is -0.540 e. The van der Waals surface area contributed by atoms with E-state index in [2.05, 4.69) is 12.0 Å². The predicted octanol–water partition coefficient (Wildman–Crippen LogP) is 1.89. The van der Waals surface area contributed by atoms with E-state index < -0.39 is 5.92 Å². The van der Waals surface area contributed by atoms with Gasteiger partial charge in [-0.25, -0.2) is 31.3 Å². The first-order chi connectivity index (χ1) is 14.6. The van der Waals surface area contributed by atoms with E-state index in [1.807, 2.05) is 38.5 Å². The zero-order valence-corrected chi connectivity index (χ0v) is 22.4. The molecule has 168 valence electrons. The van der Waals surface area contributed by atoms with Crippen LogP contribution < -0.4 is 56.1 Å². The maximum absolute atomic E-state index is 13.1. The molecular formula is C24H27F2KN2O3-2. The Kier molecular flexibility index (Phi) is 11.3. The van der Waals surface area contributed by atoms with Crippen LogP contribution in [0.1, 0.15) is 55.1 Å². The van der Waals surface area contributed by atoms with Crippen LogP contribution in [0, 0.1) is 20.3 Å². The average Bonchev–Trinajstić information content (AvgIpc) is 3.47. The fraction of sp³-hybridized carbons (Fsp3) is 0.375. The van der Waals surface area contributed by atoms with Crippen molar-refractivity contribution in [1.29, 1.82) is 0 Å². The third kappa shape index (κ3) is 7.85. The van der Waals surface area contributed by atoms with Crippen LogP contribution >= 0.6 is 0 Å². The maximum atomic E-state index is 13.1. The zero-order valence-electron chi connectivity index (χ0n) is 19.2. The van der Waals surface area contributed by atoms with Crippen molar-refractivity contribution < 1.29 is 74.5 Å². The van der Waals surface area contributed by atoms with Gasteiger partial charge in [0.25, 0.3) is 5.92 Å². The number of aromatic nitrogens is 2. The average molecular weight is 469 g/mol. The first-order valence-corrected chi connectivity index (χ1v) is 9.94. The van der Waals surface area contributed by atoms with E-state index in [1.165, 1.54) is 6.07 Å². The summed E-state index contributed by atoms with van der Waals surface area (Å²) in [5.74, 6) is -2.01. The summed E-state index contributed by atoms with van der Waals surface area (Å²) in [7, 11) is 1.63. The quantitative estimate of drug-likeness (QED) is 0.337. The Hall–Kier alpha value is -1.45. The Labute approximate surface area is 231 Å². The Morgan fingerprint density at radius 1 is 1.44 bits per heavy atom. The molecule has 1 saturated carbocycles. The van der Waals surface area contributed by atoms with Crippen LogP contribution in [0.15, 0.2) is 35.9 Å².